The summed E-state index contributed by atoms with van der Waals surface area (Å²) in [4.78, 5) is 29.3. The van der Waals surface area contributed by atoms with E-state index >= 15 is 0 Å². The van der Waals surface area contributed by atoms with E-state index in [-0.39, 0.29) is 18.0 Å². The minimum Gasteiger partial charge on any atom is -0.383 e. The van der Waals surface area contributed by atoms with Gasteiger partial charge in [-0.2, -0.15) is 5.10 Å². The summed E-state index contributed by atoms with van der Waals surface area (Å²) in [7, 11) is 1.66. The van der Waals surface area contributed by atoms with Gasteiger partial charge in [0, 0.05) is 13.7 Å². The number of fused-ring (bicyclic) bond motifs is 2. The van der Waals surface area contributed by atoms with Crippen LogP contribution in [0, 0.1) is 0 Å². The third-order valence-corrected chi connectivity index (χ3v) is 5.78. The van der Waals surface area contributed by atoms with E-state index in [1.54, 1.807) is 12.0 Å². The van der Waals surface area contributed by atoms with Gasteiger partial charge < -0.3 is 9.64 Å². The monoisotopic (exact) mass is 332 g/mol. The molecule has 2 atom stereocenters. The molecule has 3 amide bonds. The Hall–Kier alpha value is -1.89. The maximum absolute atomic E-state index is 13.1. The Balaban J connectivity index is 1.70. The summed E-state index contributed by atoms with van der Waals surface area (Å²) in [5.41, 5.74) is 1.52. The second-order valence-corrected chi connectivity index (χ2v) is 7.17. The van der Waals surface area contributed by atoms with Crippen LogP contribution >= 0.6 is 0 Å². The lowest BCUT2D eigenvalue weighted by molar-refractivity contribution is -0.133. The van der Waals surface area contributed by atoms with Crippen LogP contribution in [0.15, 0.2) is 6.20 Å². The molecule has 0 aromatic carbocycles. The van der Waals surface area contributed by atoms with Gasteiger partial charge in [0.25, 0.3) is 5.91 Å². The van der Waals surface area contributed by atoms with Crippen LogP contribution < -0.4 is 0 Å². The normalized spacial score (nSPS) is 29.3. The zero-order valence-electron chi connectivity index (χ0n) is 14.3. The fourth-order valence-corrected chi connectivity index (χ4v) is 4.49. The van der Waals surface area contributed by atoms with Crippen molar-refractivity contribution in [2.45, 2.75) is 57.2 Å². The highest BCUT2D eigenvalue weighted by Gasteiger charge is 2.58. The molecule has 3 heterocycles. The first-order valence-electron chi connectivity index (χ1n) is 8.76. The molecule has 1 aromatic heterocycles. The molecule has 130 valence electrons. The third kappa shape index (κ3) is 2.03. The number of amides is 3. The molecular weight excluding hydrogens is 308 g/mol. The first-order valence-corrected chi connectivity index (χ1v) is 8.76. The van der Waals surface area contributed by atoms with Gasteiger partial charge in [0.1, 0.15) is 5.54 Å². The molecule has 1 aromatic rings. The van der Waals surface area contributed by atoms with Crippen LogP contribution in [-0.2, 0) is 22.5 Å². The van der Waals surface area contributed by atoms with Gasteiger partial charge >= 0.3 is 6.03 Å². The average molecular weight is 332 g/mol. The van der Waals surface area contributed by atoms with E-state index in [1.807, 2.05) is 17.8 Å². The molecule has 0 unspecified atom stereocenters. The molecular formula is C17H24N4O3. The van der Waals surface area contributed by atoms with Crippen molar-refractivity contribution in [1.29, 1.82) is 0 Å². The van der Waals surface area contributed by atoms with Crippen LogP contribution in [-0.4, -0.2) is 57.3 Å². The summed E-state index contributed by atoms with van der Waals surface area (Å²) in [5.74, 6) is -0.0395. The summed E-state index contributed by atoms with van der Waals surface area (Å²) < 4.78 is 7.08. The van der Waals surface area contributed by atoms with Gasteiger partial charge in [0.2, 0.25) is 0 Å². The number of aromatic nitrogens is 2. The van der Waals surface area contributed by atoms with Crippen LogP contribution in [0.4, 0.5) is 4.79 Å². The topological polar surface area (TPSA) is 67.7 Å². The Kier molecular flexibility index (Phi) is 3.63. The Morgan fingerprint density at radius 1 is 1.38 bits per heavy atom. The highest BCUT2D eigenvalue weighted by atomic mass is 16.5. The Bertz CT molecular complexity index is 685. The number of carbonyl (C=O) groups is 2. The van der Waals surface area contributed by atoms with Crippen LogP contribution in [0.1, 0.15) is 49.9 Å². The van der Waals surface area contributed by atoms with E-state index in [1.165, 1.54) is 4.90 Å². The lowest BCUT2D eigenvalue weighted by atomic mass is 9.91. The number of imide groups is 1. The van der Waals surface area contributed by atoms with Crippen LogP contribution in [0.25, 0.3) is 0 Å². The minimum absolute atomic E-state index is 0.0395. The molecule has 0 saturated carbocycles. The molecule has 3 aliphatic rings. The molecule has 1 aliphatic carbocycles. The summed E-state index contributed by atoms with van der Waals surface area (Å²) in [5, 5.41) is 4.47. The first kappa shape index (κ1) is 15.6. The van der Waals surface area contributed by atoms with Crippen LogP contribution in [0.3, 0.4) is 0 Å². The SMILES string of the molecule is COCCn1ncc2c1[C@@H](N1C(=O)N3CCC[C@]3(C)C1=O)CCC2. The number of ether oxygens (including phenoxy) is 1. The predicted octanol–water partition coefficient (Wildman–Crippen LogP) is 1.72. The smallest absolute Gasteiger partial charge is 0.328 e. The molecule has 0 spiro atoms. The molecule has 0 bridgehead atoms. The fourth-order valence-electron chi connectivity index (χ4n) is 4.49. The molecule has 7 heteroatoms. The van der Waals surface area contributed by atoms with Gasteiger partial charge in [-0.05, 0) is 44.6 Å². The number of carbonyl (C=O) groups excluding carboxylic acids is 2. The van der Waals surface area contributed by atoms with Crippen molar-refractivity contribution in [3.8, 4) is 0 Å². The molecule has 4 rings (SSSR count). The quantitative estimate of drug-likeness (QED) is 0.788. The van der Waals surface area contributed by atoms with Gasteiger partial charge in [-0.3, -0.25) is 14.4 Å². The molecule has 2 saturated heterocycles. The lowest BCUT2D eigenvalue weighted by Crippen LogP contribution is -2.42. The molecule has 2 aliphatic heterocycles. The summed E-state index contributed by atoms with van der Waals surface area (Å²) >= 11 is 0. The molecule has 2 fully saturated rings. The molecule has 7 nitrogen and oxygen atoms in total. The highest BCUT2D eigenvalue weighted by Crippen LogP contribution is 2.44. The van der Waals surface area contributed by atoms with Crippen molar-refractivity contribution in [1.82, 2.24) is 19.6 Å². The zero-order chi connectivity index (χ0) is 16.9. The average Bonchev–Trinajstić information content (AvgIpc) is 3.21. The van der Waals surface area contributed by atoms with Crippen molar-refractivity contribution < 1.29 is 14.3 Å². The van der Waals surface area contributed by atoms with E-state index < -0.39 is 5.54 Å². The summed E-state index contributed by atoms with van der Waals surface area (Å²) in [6, 6.07) is -0.326. The van der Waals surface area contributed by atoms with Crippen LogP contribution in [0.2, 0.25) is 0 Å². The largest absolute Gasteiger partial charge is 0.383 e. The fraction of sp³-hybridized carbons (Fsp3) is 0.706. The lowest BCUT2D eigenvalue weighted by Gasteiger charge is -2.31. The van der Waals surface area contributed by atoms with Crippen molar-refractivity contribution in [3.63, 3.8) is 0 Å². The summed E-state index contributed by atoms with van der Waals surface area (Å²) in [6.45, 7) is 3.79. The van der Waals surface area contributed by atoms with Crippen molar-refractivity contribution in [2.24, 2.45) is 0 Å². The van der Waals surface area contributed by atoms with Gasteiger partial charge in [-0.15, -0.1) is 0 Å². The Labute approximate surface area is 141 Å². The van der Waals surface area contributed by atoms with Gasteiger partial charge in [0.05, 0.1) is 31.1 Å². The van der Waals surface area contributed by atoms with Gasteiger partial charge in [-0.25, -0.2) is 4.79 Å². The van der Waals surface area contributed by atoms with Gasteiger partial charge in [0.15, 0.2) is 0 Å². The Morgan fingerprint density at radius 2 is 2.21 bits per heavy atom. The van der Waals surface area contributed by atoms with Crippen LogP contribution in [0.5, 0.6) is 0 Å². The summed E-state index contributed by atoms with van der Waals surface area (Å²) in [6.07, 6.45) is 6.29. The van der Waals surface area contributed by atoms with E-state index in [9.17, 15) is 9.59 Å². The number of hydrogen-bond acceptors (Lipinski definition) is 4. The van der Waals surface area contributed by atoms with Crippen molar-refractivity contribution >= 4 is 11.9 Å². The number of urea groups is 1. The zero-order valence-corrected chi connectivity index (χ0v) is 14.3. The van der Waals surface area contributed by atoms with E-state index in [0.717, 1.165) is 43.4 Å². The van der Waals surface area contributed by atoms with E-state index in [2.05, 4.69) is 5.10 Å². The second kappa shape index (κ2) is 5.58. The minimum atomic E-state index is -0.647. The van der Waals surface area contributed by atoms with Gasteiger partial charge in [-0.1, -0.05) is 0 Å². The second-order valence-electron chi connectivity index (χ2n) is 7.17. The standard InChI is InChI=1S/C17H24N4O3/c1-17-7-4-8-19(17)16(23)21(15(17)22)13-6-3-5-12-11-18-20(14(12)13)9-10-24-2/h11,13H,3-10H2,1-2H3/t13-,17+/m0/s1. The number of rotatable bonds is 4. The van der Waals surface area contributed by atoms with E-state index in [0.29, 0.717) is 19.7 Å². The molecule has 24 heavy (non-hydrogen) atoms. The maximum atomic E-state index is 13.1. The molecule has 0 radical (unpaired) electrons. The highest BCUT2D eigenvalue weighted by molar-refractivity contribution is 6.07. The van der Waals surface area contributed by atoms with E-state index in [4.69, 9.17) is 4.74 Å². The first-order chi connectivity index (χ1) is 11.6. The third-order valence-electron chi connectivity index (χ3n) is 5.78. The van der Waals surface area contributed by atoms with Crippen molar-refractivity contribution in [2.75, 3.05) is 20.3 Å². The number of hydrogen-bond donors (Lipinski definition) is 0. The number of aryl methyl sites for hydroxylation is 1. The predicted molar refractivity (Wildman–Crippen MR) is 86.4 cm³/mol. The van der Waals surface area contributed by atoms with Crippen molar-refractivity contribution in [3.05, 3.63) is 17.5 Å². The Morgan fingerprint density at radius 3 is 2.96 bits per heavy atom. The number of nitrogens with zero attached hydrogens (tertiary/aromatic N) is 4. The molecule has 0 N–H and O–H groups in total. The number of methoxy groups -OCH3 is 1. The maximum Gasteiger partial charge on any atom is 0.328 e.